The first-order chi connectivity index (χ1) is 7.65. The molecule has 88 valence electrons. The molecular formula is C10H17BN2O2S. The van der Waals surface area contributed by atoms with E-state index in [-0.39, 0.29) is 0 Å². The zero-order valence-corrected chi connectivity index (χ0v) is 10.3. The number of thiazole rings is 1. The fraction of sp³-hybridized carbons (Fsp3) is 0.700. The minimum Gasteiger partial charge on any atom is -0.427 e. The van der Waals surface area contributed by atoms with E-state index in [1.807, 2.05) is 0 Å². The van der Waals surface area contributed by atoms with E-state index < -0.39 is 7.12 Å². The lowest BCUT2D eigenvalue weighted by Gasteiger charge is -2.25. The van der Waals surface area contributed by atoms with E-state index in [1.54, 1.807) is 11.3 Å². The molecule has 1 aliphatic heterocycles. The normalized spacial score (nSPS) is 16.2. The van der Waals surface area contributed by atoms with Crippen molar-refractivity contribution < 1.29 is 10.0 Å². The van der Waals surface area contributed by atoms with Crippen molar-refractivity contribution in [3.8, 4) is 0 Å². The van der Waals surface area contributed by atoms with Crippen LogP contribution in [0.5, 0.6) is 0 Å². The fourth-order valence-corrected chi connectivity index (χ4v) is 3.09. The van der Waals surface area contributed by atoms with Crippen molar-refractivity contribution >= 4 is 18.5 Å². The Balaban J connectivity index is 1.83. The maximum Gasteiger partial charge on any atom is 0.451 e. The second kappa shape index (κ2) is 5.27. The lowest BCUT2D eigenvalue weighted by atomic mass is 9.84. The molecule has 0 atom stereocenters. The van der Waals surface area contributed by atoms with Crippen molar-refractivity contribution in [2.45, 2.75) is 32.6 Å². The highest BCUT2D eigenvalue weighted by Gasteiger charge is 2.19. The Bertz CT molecular complexity index is 357. The van der Waals surface area contributed by atoms with Crippen LogP contribution < -0.4 is 0 Å². The molecule has 0 saturated carbocycles. The molecule has 0 fully saturated rings. The van der Waals surface area contributed by atoms with Crippen molar-refractivity contribution in [3.63, 3.8) is 0 Å². The van der Waals surface area contributed by atoms with Crippen LogP contribution in [0.3, 0.4) is 0 Å². The van der Waals surface area contributed by atoms with Crippen molar-refractivity contribution in [2.24, 2.45) is 0 Å². The highest BCUT2D eigenvalue weighted by Crippen LogP contribution is 2.24. The van der Waals surface area contributed by atoms with Crippen molar-refractivity contribution in [3.05, 3.63) is 15.6 Å². The van der Waals surface area contributed by atoms with Gasteiger partial charge in [0.2, 0.25) is 0 Å². The summed E-state index contributed by atoms with van der Waals surface area (Å²) in [5.41, 5.74) is 1.26. The molecular weight excluding hydrogens is 223 g/mol. The average Bonchev–Trinajstić information content (AvgIpc) is 2.56. The van der Waals surface area contributed by atoms with Gasteiger partial charge in [-0.2, -0.15) is 0 Å². The van der Waals surface area contributed by atoms with Crippen LogP contribution in [0.25, 0.3) is 0 Å². The molecule has 0 saturated heterocycles. The number of rotatable bonds is 4. The van der Waals surface area contributed by atoms with E-state index >= 15 is 0 Å². The molecule has 4 nitrogen and oxygen atoms in total. The summed E-state index contributed by atoms with van der Waals surface area (Å²) in [7, 11) is -1.16. The molecule has 2 heterocycles. The number of nitrogens with zero attached hydrogens (tertiary/aromatic N) is 2. The molecule has 6 heteroatoms. The van der Waals surface area contributed by atoms with Gasteiger partial charge in [0.15, 0.2) is 0 Å². The molecule has 0 unspecified atom stereocenters. The van der Waals surface area contributed by atoms with E-state index in [1.165, 1.54) is 10.6 Å². The third-order valence-electron chi connectivity index (χ3n) is 2.85. The first-order valence-corrected chi connectivity index (χ1v) is 6.50. The van der Waals surface area contributed by atoms with Crippen LogP contribution in [0.2, 0.25) is 6.32 Å². The SMILES string of the molecule is Cc1nc2c(s1)CN(CCCB(O)O)CC2. The molecule has 1 aliphatic rings. The summed E-state index contributed by atoms with van der Waals surface area (Å²) in [4.78, 5) is 8.25. The molecule has 0 aliphatic carbocycles. The smallest absolute Gasteiger partial charge is 0.427 e. The average molecular weight is 240 g/mol. The summed E-state index contributed by atoms with van der Waals surface area (Å²) in [6, 6.07) is 0. The molecule has 0 spiro atoms. The van der Waals surface area contributed by atoms with E-state index in [9.17, 15) is 0 Å². The monoisotopic (exact) mass is 240 g/mol. The van der Waals surface area contributed by atoms with Crippen LogP contribution in [0.1, 0.15) is 22.0 Å². The lowest BCUT2D eigenvalue weighted by molar-refractivity contribution is 0.253. The third-order valence-corrected chi connectivity index (χ3v) is 3.85. The topological polar surface area (TPSA) is 56.6 Å². The van der Waals surface area contributed by atoms with Crippen molar-refractivity contribution in [1.29, 1.82) is 0 Å². The van der Waals surface area contributed by atoms with Gasteiger partial charge in [0.25, 0.3) is 0 Å². The standard InChI is InChI=1S/C10H17BN2O2S/c1-8-12-9-3-6-13(7-10(9)16-8)5-2-4-11(14)15/h14-15H,2-7H2,1H3. The van der Waals surface area contributed by atoms with Crippen LogP contribution >= 0.6 is 11.3 Å². The van der Waals surface area contributed by atoms with Gasteiger partial charge in [-0.25, -0.2) is 4.98 Å². The number of fused-ring (bicyclic) bond motifs is 1. The summed E-state index contributed by atoms with van der Waals surface area (Å²) in [6.45, 7) is 5.00. The van der Waals surface area contributed by atoms with Crippen molar-refractivity contribution in [2.75, 3.05) is 13.1 Å². The molecule has 2 N–H and O–H groups in total. The van der Waals surface area contributed by atoms with Crippen LogP contribution in [-0.2, 0) is 13.0 Å². The van der Waals surface area contributed by atoms with Gasteiger partial charge >= 0.3 is 7.12 Å². The molecule has 0 amide bonds. The minimum absolute atomic E-state index is 0.463. The minimum atomic E-state index is -1.16. The number of hydrogen-bond donors (Lipinski definition) is 2. The number of hydrogen-bond acceptors (Lipinski definition) is 5. The summed E-state index contributed by atoms with van der Waals surface area (Å²) in [6.07, 6.45) is 2.33. The predicted octanol–water partition coefficient (Wildman–Crippen LogP) is 0.673. The van der Waals surface area contributed by atoms with Gasteiger partial charge < -0.3 is 10.0 Å². The second-order valence-electron chi connectivity index (χ2n) is 4.25. The molecule has 1 aromatic rings. The first kappa shape index (κ1) is 12.0. The Morgan fingerprint density at radius 2 is 2.31 bits per heavy atom. The Kier molecular flexibility index (Phi) is 3.97. The van der Waals surface area contributed by atoms with Crippen molar-refractivity contribution in [1.82, 2.24) is 9.88 Å². The van der Waals surface area contributed by atoms with Crippen LogP contribution in [0, 0.1) is 6.92 Å². The third kappa shape index (κ3) is 3.04. The number of aryl methyl sites for hydroxylation is 1. The highest BCUT2D eigenvalue weighted by atomic mass is 32.1. The molecule has 2 rings (SSSR count). The van der Waals surface area contributed by atoms with Gasteiger partial charge in [-0.15, -0.1) is 11.3 Å². The Hall–Kier alpha value is -0.425. The van der Waals surface area contributed by atoms with E-state index in [4.69, 9.17) is 10.0 Å². The zero-order chi connectivity index (χ0) is 11.5. The maximum atomic E-state index is 8.77. The van der Waals surface area contributed by atoms with Gasteiger partial charge in [0.05, 0.1) is 10.7 Å². The summed E-state index contributed by atoms with van der Waals surface area (Å²) in [5.74, 6) is 0. The molecule has 1 aromatic heterocycles. The van der Waals surface area contributed by atoms with Gasteiger partial charge in [-0.3, -0.25) is 4.90 Å². The predicted molar refractivity (Wildman–Crippen MR) is 65.4 cm³/mol. The molecule has 0 aromatic carbocycles. The summed E-state index contributed by atoms with van der Waals surface area (Å²) in [5, 5.41) is 18.7. The Morgan fingerprint density at radius 1 is 1.50 bits per heavy atom. The fourth-order valence-electron chi connectivity index (χ4n) is 2.07. The molecule has 0 radical (unpaired) electrons. The van der Waals surface area contributed by atoms with E-state index in [0.717, 1.165) is 37.5 Å². The number of aromatic nitrogens is 1. The second-order valence-corrected chi connectivity index (χ2v) is 5.54. The lowest BCUT2D eigenvalue weighted by Crippen LogP contribution is -2.31. The Morgan fingerprint density at radius 3 is 3.06 bits per heavy atom. The highest BCUT2D eigenvalue weighted by molar-refractivity contribution is 7.11. The summed E-state index contributed by atoms with van der Waals surface area (Å²) >= 11 is 1.78. The van der Waals surface area contributed by atoms with Gasteiger partial charge in [0, 0.05) is 24.4 Å². The van der Waals surface area contributed by atoms with E-state index in [2.05, 4.69) is 16.8 Å². The molecule has 0 bridgehead atoms. The maximum absolute atomic E-state index is 8.77. The van der Waals surface area contributed by atoms with Gasteiger partial charge in [0.1, 0.15) is 0 Å². The Labute approximate surface area is 100 Å². The zero-order valence-electron chi connectivity index (χ0n) is 9.52. The largest absolute Gasteiger partial charge is 0.451 e. The van der Waals surface area contributed by atoms with Crippen LogP contribution in [-0.4, -0.2) is 40.1 Å². The molecule has 16 heavy (non-hydrogen) atoms. The summed E-state index contributed by atoms with van der Waals surface area (Å²) < 4.78 is 0. The van der Waals surface area contributed by atoms with Gasteiger partial charge in [-0.1, -0.05) is 0 Å². The van der Waals surface area contributed by atoms with Gasteiger partial charge in [-0.05, 0) is 26.2 Å². The van der Waals surface area contributed by atoms with Crippen LogP contribution in [0.4, 0.5) is 0 Å². The first-order valence-electron chi connectivity index (χ1n) is 5.69. The van der Waals surface area contributed by atoms with E-state index in [0.29, 0.717) is 6.32 Å². The quantitative estimate of drug-likeness (QED) is 0.759. The van der Waals surface area contributed by atoms with Crippen LogP contribution in [0.15, 0.2) is 0 Å².